The lowest BCUT2D eigenvalue weighted by Gasteiger charge is -2.11. The van der Waals surface area contributed by atoms with Crippen LogP contribution in [0.25, 0.3) is 0 Å². The SMILES string of the molecule is CCCSC[C@H](N)C(=O)OOC(=O)[C@@H](N)CSCCC. The molecule has 0 radical (unpaired) electrons. The summed E-state index contributed by atoms with van der Waals surface area (Å²) in [5.41, 5.74) is 11.2. The summed E-state index contributed by atoms with van der Waals surface area (Å²) in [6.45, 7) is 4.08. The highest BCUT2D eigenvalue weighted by molar-refractivity contribution is 7.99. The lowest BCUT2D eigenvalue weighted by Crippen LogP contribution is -2.39. The van der Waals surface area contributed by atoms with Gasteiger partial charge in [-0.15, -0.1) is 0 Å². The topological polar surface area (TPSA) is 105 Å². The molecule has 0 heterocycles. The van der Waals surface area contributed by atoms with Crippen molar-refractivity contribution in [2.24, 2.45) is 11.5 Å². The Hall–Kier alpha value is -0.440. The van der Waals surface area contributed by atoms with Gasteiger partial charge in [0.2, 0.25) is 0 Å². The smallest absolute Gasteiger partial charge is 0.318 e. The Kier molecular flexibility index (Phi) is 12.0. The first-order chi connectivity index (χ1) is 9.52. The molecule has 0 aromatic carbocycles. The van der Waals surface area contributed by atoms with Crippen molar-refractivity contribution < 1.29 is 19.4 Å². The molecule has 118 valence electrons. The third kappa shape index (κ3) is 9.46. The average Bonchev–Trinajstić information content (AvgIpc) is 2.44. The molecular formula is C12H24N2O4S2. The van der Waals surface area contributed by atoms with E-state index in [1.807, 2.05) is 13.8 Å². The number of thioether (sulfide) groups is 2. The third-order valence-corrected chi connectivity index (χ3v) is 4.69. The predicted octanol–water partition coefficient (Wildman–Crippen LogP) is 0.929. The number of carbonyl (C=O) groups excluding carboxylic acids is 2. The van der Waals surface area contributed by atoms with Crippen LogP contribution in [-0.2, 0) is 19.4 Å². The van der Waals surface area contributed by atoms with Gasteiger partial charge in [-0.25, -0.2) is 19.4 Å². The van der Waals surface area contributed by atoms with Crippen molar-refractivity contribution in [3.63, 3.8) is 0 Å². The van der Waals surface area contributed by atoms with E-state index in [9.17, 15) is 9.59 Å². The minimum Gasteiger partial charge on any atom is -0.318 e. The van der Waals surface area contributed by atoms with E-state index in [1.165, 1.54) is 0 Å². The molecule has 0 aliphatic heterocycles. The van der Waals surface area contributed by atoms with Gasteiger partial charge in [0.1, 0.15) is 12.1 Å². The quantitative estimate of drug-likeness (QED) is 0.347. The van der Waals surface area contributed by atoms with E-state index in [4.69, 9.17) is 11.5 Å². The van der Waals surface area contributed by atoms with Gasteiger partial charge in [-0.3, -0.25) is 0 Å². The van der Waals surface area contributed by atoms with Gasteiger partial charge in [0.15, 0.2) is 0 Å². The molecule has 0 rings (SSSR count). The summed E-state index contributed by atoms with van der Waals surface area (Å²) in [5.74, 6) is 1.19. The standard InChI is InChI=1S/C12H24N2O4S2/c1-3-5-19-7-9(13)11(15)17-18-12(16)10(14)8-20-6-4-2/h9-10H,3-8,13-14H2,1-2H3/t9-,10-/m0/s1. The Balaban J connectivity index is 3.83. The van der Waals surface area contributed by atoms with Crippen LogP contribution in [0.1, 0.15) is 26.7 Å². The summed E-state index contributed by atoms with van der Waals surface area (Å²) in [4.78, 5) is 31.7. The molecule has 0 unspecified atom stereocenters. The van der Waals surface area contributed by atoms with Gasteiger partial charge in [0, 0.05) is 11.5 Å². The van der Waals surface area contributed by atoms with Crippen LogP contribution < -0.4 is 11.5 Å². The molecule has 0 aromatic rings. The van der Waals surface area contributed by atoms with Crippen LogP contribution >= 0.6 is 23.5 Å². The molecule has 0 aromatic heterocycles. The van der Waals surface area contributed by atoms with Crippen molar-refractivity contribution in [1.29, 1.82) is 0 Å². The maximum atomic E-state index is 11.4. The van der Waals surface area contributed by atoms with E-state index in [2.05, 4.69) is 9.78 Å². The molecule has 0 saturated carbocycles. The third-order valence-electron chi connectivity index (χ3n) is 2.10. The molecule has 0 amide bonds. The van der Waals surface area contributed by atoms with Crippen LogP contribution in [0, 0.1) is 0 Å². The van der Waals surface area contributed by atoms with Crippen molar-refractivity contribution in [1.82, 2.24) is 0 Å². The Morgan fingerprint density at radius 3 is 1.55 bits per heavy atom. The van der Waals surface area contributed by atoms with Crippen LogP contribution in [-0.4, -0.2) is 47.0 Å². The lowest BCUT2D eigenvalue weighted by atomic mass is 10.4. The molecule has 0 aliphatic carbocycles. The monoisotopic (exact) mass is 324 g/mol. The summed E-state index contributed by atoms with van der Waals surface area (Å²) >= 11 is 3.10. The summed E-state index contributed by atoms with van der Waals surface area (Å²) in [6.07, 6.45) is 2.01. The van der Waals surface area contributed by atoms with Crippen LogP contribution in [0.3, 0.4) is 0 Å². The minimum atomic E-state index is -0.801. The number of rotatable bonds is 10. The molecule has 0 spiro atoms. The van der Waals surface area contributed by atoms with Gasteiger partial charge >= 0.3 is 11.9 Å². The molecule has 0 aliphatic rings. The zero-order chi connectivity index (χ0) is 15.4. The average molecular weight is 324 g/mol. The molecule has 20 heavy (non-hydrogen) atoms. The summed E-state index contributed by atoms with van der Waals surface area (Å²) in [6, 6.07) is -1.60. The highest BCUT2D eigenvalue weighted by Crippen LogP contribution is 2.06. The predicted molar refractivity (Wildman–Crippen MR) is 83.4 cm³/mol. The normalized spacial score (nSPS) is 13.6. The first-order valence-corrected chi connectivity index (χ1v) is 8.92. The Morgan fingerprint density at radius 2 is 1.25 bits per heavy atom. The van der Waals surface area contributed by atoms with Gasteiger partial charge in [0.25, 0.3) is 0 Å². The van der Waals surface area contributed by atoms with E-state index in [0.29, 0.717) is 11.5 Å². The van der Waals surface area contributed by atoms with Crippen LogP contribution in [0.15, 0.2) is 0 Å². The van der Waals surface area contributed by atoms with Crippen molar-refractivity contribution in [2.75, 3.05) is 23.0 Å². The summed E-state index contributed by atoms with van der Waals surface area (Å²) in [7, 11) is 0. The molecule has 6 nitrogen and oxygen atoms in total. The molecule has 8 heteroatoms. The zero-order valence-corrected chi connectivity index (χ0v) is 13.6. The van der Waals surface area contributed by atoms with Gasteiger partial charge in [-0.05, 0) is 24.3 Å². The fraction of sp³-hybridized carbons (Fsp3) is 0.833. The van der Waals surface area contributed by atoms with Crippen molar-refractivity contribution in [3.05, 3.63) is 0 Å². The summed E-state index contributed by atoms with van der Waals surface area (Å²) < 4.78 is 0. The summed E-state index contributed by atoms with van der Waals surface area (Å²) in [5, 5.41) is 0. The maximum absolute atomic E-state index is 11.4. The first kappa shape index (κ1) is 19.6. The van der Waals surface area contributed by atoms with Crippen molar-refractivity contribution in [2.45, 2.75) is 38.8 Å². The van der Waals surface area contributed by atoms with E-state index in [1.54, 1.807) is 23.5 Å². The molecular weight excluding hydrogens is 300 g/mol. The molecule has 0 bridgehead atoms. The van der Waals surface area contributed by atoms with Crippen LogP contribution in [0.4, 0.5) is 0 Å². The number of carbonyl (C=O) groups is 2. The second kappa shape index (κ2) is 12.3. The van der Waals surface area contributed by atoms with E-state index >= 15 is 0 Å². The number of nitrogens with two attached hydrogens (primary N) is 2. The van der Waals surface area contributed by atoms with Crippen LogP contribution in [0.2, 0.25) is 0 Å². The maximum Gasteiger partial charge on any atom is 0.372 e. The second-order valence-corrected chi connectivity index (χ2v) is 6.47. The lowest BCUT2D eigenvalue weighted by molar-refractivity contribution is -0.260. The Morgan fingerprint density at radius 1 is 0.900 bits per heavy atom. The van der Waals surface area contributed by atoms with Gasteiger partial charge in [-0.1, -0.05) is 13.8 Å². The second-order valence-electron chi connectivity index (χ2n) is 4.17. The zero-order valence-electron chi connectivity index (χ0n) is 12.0. The van der Waals surface area contributed by atoms with E-state index in [0.717, 1.165) is 24.3 Å². The van der Waals surface area contributed by atoms with Gasteiger partial charge in [0.05, 0.1) is 0 Å². The Labute approximate surface area is 128 Å². The van der Waals surface area contributed by atoms with Gasteiger partial charge in [-0.2, -0.15) is 23.5 Å². The van der Waals surface area contributed by atoms with Crippen molar-refractivity contribution in [3.8, 4) is 0 Å². The number of hydrogen-bond acceptors (Lipinski definition) is 8. The highest BCUT2D eigenvalue weighted by atomic mass is 32.2. The van der Waals surface area contributed by atoms with E-state index < -0.39 is 24.0 Å². The number of hydrogen-bond donors (Lipinski definition) is 2. The Bertz CT molecular complexity index is 265. The largest absolute Gasteiger partial charge is 0.372 e. The van der Waals surface area contributed by atoms with Gasteiger partial charge < -0.3 is 11.5 Å². The minimum absolute atomic E-state index is 0.433. The first-order valence-electron chi connectivity index (χ1n) is 6.61. The van der Waals surface area contributed by atoms with Crippen molar-refractivity contribution >= 4 is 35.5 Å². The molecule has 0 saturated heterocycles. The van der Waals surface area contributed by atoms with E-state index in [-0.39, 0.29) is 0 Å². The molecule has 4 N–H and O–H groups in total. The fourth-order valence-electron chi connectivity index (χ4n) is 1.05. The molecule has 2 atom stereocenters. The van der Waals surface area contributed by atoms with Crippen LogP contribution in [0.5, 0.6) is 0 Å². The highest BCUT2D eigenvalue weighted by Gasteiger charge is 2.21. The fourth-order valence-corrected chi connectivity index (χ4v) is 2.74. The molecule has 0 fully saturated rings.